The molecule has 1 aromatic heterocycles. The van der Waals surface area contributed by atoms with Crippen LogP contribution in [0, 0.1) is 0 Å². The number of para-hydroxylation sites is 1. The predicted molar refractivity (Wildman–Crippen MR) is 130 cm³/mol. The van der Waals surface area contributed by atoms with Gasteiger partial charge in [-0.2, -0.15) is 0 Å². The largest absolute Gasteiger partial charge is 0.496 e. The smallest absolute Gasteiger partial charge is 0.262 e. The maximum absolute atomic E-state index is 13.4. The van der Waals surface area contributed by atoms with Gasteiger partial charge in [-0.3, -0.25) is 9.36 Å². The van der Waals surface area contributed by atoms with Crippen LogP contribution in [-0.2, 0) is 12.3 Å². The quantitative estimate of drug-likeness (QED) is 0.211. The number of rotatable bonds is 6. The van der Waals surface area contributed by atoms with Gasteiger partial charge in [-0.25, -0.2) is 4.98 Å². The Morgan fingerprint density at radius 2 is 1.80 bits per heavy atom. The summed E-state index contributed by atoms with van der Waals surface area (Å²) in [4.78, 5) is 18.2. The van der Waals surface area contributed by atoms with Gasteiger partial charge in [-0.15, -0.1) is 0 Å². The summed E-state index contributed by atoms with van der Waals surface area (Å²) >= 11 is 8.53. The number of nitrogens with zero attached hydrogens (tertiary/aromatic N) is 2. The zero-order chi connectivity index (χ0) is 21.1. The van der Waals surface area contributed by atoms with E-state index in [1.54, 1.807) is 23.4 Å². The van der Waals surface area contributed by atoms with Crippen molar-refractivity contribution in [2.75, 3.05) is 7.11 Å². The summed E-state index contributed by atoms with van der Waals surface area (Å²) in [7, 11) is 1.64. The number of hydrogen-bond donors (Lipinski definition) is 0. The van der Waals surface area contributed by atoms with Crippen molar-refractivity contribution in [3.63, 3.8) is 0 Å². The summed E-state index contributed by atoms with van der Waals surface area (Å²) in [5.74, 6) is 1.46. The molecule has 152 valence electrons. The van der Waals surface area contributed by atoms with Crippen LogP contribution in [0.5, 0.6) is 5.75 Å². The van der Waals surface area contributed by atoms with Gasteiger partial charge < -0.3 is 4.74 Å². The van der Waals surface area contributed by atoms with Crippen molar-refractivity contribution < 1.29 is 4.74 Å². The van der Waals surface area contributed by atoms with Crippen LogP contribution in [0.25, 0.3) is 10.9 Å². The molecule has 4 aromatic rings. The summed E-state index contributed by atoms with van der Waals surface area (Å²) in [6.07, 6.45) is 0. The second kappa shape index (κ2) is 9.37. The van der Waals surface area contributed by atoms with Gasteiger partial charge in [-0.05, 0) is 42.0 Å². The number of benzene rings is 3. The molecule has 0 unspecified atom stereocenters. The van der Waals surface area contributed by atoms with E-state index in [4.69, 9.17) is 9.72 Å². The summed E-state index contributed by atoms with van der Waals surface area (Å²) < 4.78 is 9.11. The summed E-state index contributed by atoms with van der Waals surface area (Å²) in [5.41, 5.74) is 2.71. The molecule has 0 spiro atoms. The van der Waals surface area contributed by atoms with E-state index in [1.807, 2.05) is 54.6 Å². The number of methoxy groups -OCH3 is 1. The Labute approximate surface area is 195 Å². The van der Waals surface area contributed by atoms with Crippen LogP contribution >= 0.6 is 43.6 Å². The van der Waals surface area contributed by atoms with Gasteiger partial charge in [0.15, 0.2) is 5.16 Å². The first kappa shape index (κ1) is 21.2. The van der Waals surface area contributed by atoms with Crippen molar-refractivity contribution >= 4 is 54.5 Å². The molecule has 1 heterocycles. The molecule has 0 atom stereocenters. The molecule has 0 aliphatic carbocycles. The lowest BCUT2D eigenvalue weighted by Crippen LogP contribution is -2.24. The highest BCUT2D eigenvalue weighted by Crippen LogP contribution is 2.26. The van der Waals surface area contributed by atoms with Crippen LogP contribution in [0.15, 0.2) is 85.6 Å². The molecule has 0 fully saturated rings. The molecule has 0 radical (unpaired) electrons. The number of halogens is 2. The molecular formula is C23H18Br2N2O2S. The van der Waals surface area contributed by atoms with E-state index in [0.717, 1.165) is 25.8 Å². The highest BCUT2D eigenvalue weighted by molar-refractivity contribution is 9.10. The fraction of sp³-hybridized carbons (Fsp3) is 0.130. The van der Waals surface area contributed by atoms with E-state index in [1.165, 1.54) is 0 Å². The fourth-order valence-corrected chi connectivity index (χ4v) is 4.95. The van der Waals surface area contributed by atoms with Crippen LogP contribution < -0.4 is 10.3 Å². The van der Waals surface area contributed by atoms with Crippen LogP contribution in [0.4, 0.5) is 0 Å². The van der Waals surface area contributed by atoms with E-state index in [2.05, 4.69) is 44.0 Å². The lowest BCUT2D eigenvalue weighted by atomic mass is 10.2. The first-order valence-corrected chi connectivity index (χ1v) is 11.8. The molecule has 0 bridgehead atoms. The van der Waals surface area contributed by atoms with Gasteiger partial charge >= 0.3 is 0 Å². The molecule has 0 aliphatic heterocycles. The summed E-state index contributed by atoms with van der Waals surface area (Å²) in [5, 5.41) is 1.27. The zero-order valence-electron chi connectivity index (χ0n) is 16.1. The van der Waals surface area contributed by atoms with Gasteiger partial charge in [-0.1, -0.05) is 74.0 Å². The molecular weight excluding hydrogens is 528 g/mol. The topological polar surface area (TPSA) is 44.1 Å². The third kappa shape index (κ3) is 4.63. The number of aromatic nitrogens is 2. The minimum Gasteiger partial charge on any atom is -0.496 e. The number of ether oxygens (including phenoxy) is 1. The van der Waals surface area contributed by atoms with Crippen molar-refractivity contribution in [3.05, 3.63) is 97.2 Å². The fourth-order valence-electron chi connectivity index (χ4n) is 3.20. The molecule has 3 aromatic carbocycles. The second-order valence-electron chi connectivity index (χ2n) is 6.68. The average molecular weight is 546 g/mol. The Balaban J connectivity index is 1.79. The van der Waals surface area contributed by atoms with Crippen LogP contribution in [0.1, 0.15) is 11.1 Å². The lowest BCUT2D eigenvalue weighted by Gasteiger charge is -2.15. The third-order valence-electron chi connectivity index (χ3n) is 4.66. The molecule has 30 heavy (non-hydrogen) atoms. The Morgan fingerprint density at radius 1 is 1.00 bits per heavy atom. The van der Waals surface area contributed by atoms with E-state index in [0.29, 0.717) is 28.4 Å². The molecule has 0 aliphatic rings. The average Bonchev–Trinajstić information content (AvgIpc) is 2.75. The van der Waals surface area contributed by atoms with E-state index in [-0.39, 0.29) is 5.56 Å². The van der Waals surface area contributed by atoms with Crippen molar-refractivity contribution in [3.8, 4) is 5.75 Å². The standard InChI is InChI=1S/C23H18Br2N2O2S/c1-29-21-8-3-2-6-16(21)13-27-22(28)19-12-18(25)9-10-20(19)26-23(27)30-14-15-5-4-7-17(24)11-15/h2-12H,13-14H2,1H3. The normalized spacial score (nSPS) is 11.0. The second-order valence-corrected chi connectivity index (χ2v) is 9.45. The van der Waals surface area contributed by atoms with Crippen LogP contribution in [-0.4, -0.2) is 16.7 Å². The summed E-state index contributed by atoms with van der Waals surface area (Å²) in [6, 6.07) is 21.5. The monoisotopic (exact) mass is 544 g/mol. The molecule has 0 saturated heterocycles. The zero-order valence-corrected chi connectivity index (χ0v) is 20.1. The van der Waals surface area contributed by atoms with Gasteiger partial charge in [0.2, 0.25) is 0 Å². The van der Waals surface area contributed by atoms with Gasteiger partial charge in [0.1, 0.15) is 5.75 Å². The van der Waals surface area contributed by atoms with E-state index >= 15 is 0 Å². The maximum Gasteiger partial charge on any atom is 0.262 e. The SMILES string of the molecule is COc1ccccc1Cn1c(SCc2cccc(Br)c2)nc2ccc(Br)cc2c1=O. The number of hydrogen-bond acceptors (Lipinski definition) is 4. The van der Waals surface area contributed by atoms with Gasteiger partial charge in [0.05, 0.1) is 24.6 Å². The Kier molecular flexibility index (Phi) is 6.61. The van der Waals surface area contributed by atoms with Crippen molar-refractivity contribution in [1.29, 1.82) is 0 Å². The molecule has 7 heteroatoms. The molecule has 0 amide bonds. The minimum absolute atomic E-state index is 0.0658. The molecule has 0 saturated carbocycles. The highest BCUT2D eigenvalue weighted by Gasteiger charge is 2.14. The van der Waals surface area contributed by atoms with Crippen molar-refractivity contribution in [2.24, 2.45) is 0 Å². The molecule has 4 nitrogen and oxygen atoms in total. The first-order valence-electron chi connectivity index (χ1n) is 9.24. The first-order chi connectivity index (χ1) is 14.5. The van der Waals surface area contributed by atoms with E-state index in [9.17, 15) is 4.79 Å². The van der Waals surface area contributed by atoms with Crippen molar-refractivity contribution in [2.45, 2.75) is 17.5 Å². The minimum atomic E-state index is -0.0658. The Bertz CT molecular complexity index is 1270. The van der Waals surface area contributed by atoms with Crippen LogP contribution in [0.3, 0.4) is 0 Å². The molecule has 0 N–H and O–H groups in total. The third-order valence-corrected chi connectivity index (χ3v) is 6.69. The van der Waals surface area contributed by atoms with Crippen LogP contribution in [0.2, 0.25) is 0 Å². The number of thioether (sulfide) groups is 1. The lowest BCUT2D eigenvalue weighted by molar-refractivity contribution is 0.407. The summed E-state index contributed by atoms with van der Waals surface area (Å²) in [6.45, 7) is 0.388. The predicted octanol–water partition coefficient (Wildman–Crippen LogP) is 6.27. The number of fused-ring (bicyclic) bond motifs is 1. The van der Waals surface area contributed by atoms with Gasteiger partial charge in [0.25, 0.3) is 5.56 Å². The molecule has 4 rings (SSSR count). The Hall–Kier alpha value is -2.09. The maximum atomic E-state index is 13.4. The highest BCUT2D eigenvalue weighted by atomic mass is 79.9. The Morgan fingerprint density at radius 3 is 2.60 bits per heavy atom. The van der Waals surface area contributed by atoms with Gasteiger partial charge in [0, 0.05) is 20.3 Å². The van der Waals surface area contributed by atoms with Crippen molar-refractivity contribution in [1.82, 2.24) is 9.55 Å². The van der Waals surface area contributed by atoms with E-state index < -0.39 is 0 Å².